The molecule has 0 N–H and O–H groups in total. The Morgan fingerprint density at radius 1 is 0.295 bits per heavy atom. The van der Waals surface area contributed by atoms with Crippen LogP contribution >= 0.6 is 20.1 Å². The number of aromatic nitrogens is 1. The van der Waals surface area contributed by atoms with Crippen LogP contribution in [0.1, 0.15) is 26.3 Å². The summed E-state index contributed by atoms with van der Waals surface area (Å²) >= 11 is 0. The Kier molecular flexibility index (Phi) is 10.0. The van der Waals surface area contributed by atoms with Crippen LogP contribution < -0.4 is 0 Å². The van der Waals surface area contributed by atoms with E-state index in [1.165, 1.54) is 66.5 Å². The lowest BCUT2D eigenvalue weighted by Gasteiger charge is -2.42. The van der Waals surface area contributed by atoms with E-state index in [1.807, 2.05) is 0 Å². The molecule has 9 aromatic carbocycles. The summed E-state index contributed by atoms with van der Waals surface area (Å²) < 4.78 is 2.49. The number of fused-ring (bicyclic) bond motifs is 3. The molecule has 1 nitrogen and oxygen atoms in total. The highest BCUT2D eigenvalue weighted by Gasteiger charge is 2.36. The Balaban J connectivity index is 1.33. The first kappa shape index (κ1) is 38.7. The molecule has 0 radical (unpaired) electrons. The van der Waals surface area contributed by atoms with Crippen molar-refractivity contribution in [1.82, 2.24) is 4.57 Å². The molecule has 298 valence electrons. The highest BCUT2D eigenvalue weighted by atomic mass is 32.3. The lowest BCUT2D eigenvalue weighted by atomic mass is 9.87. The van der Waals surface area contributed by atoms with Gasteiger partial charge in [-0.05, 0) is 132 Å². The first-order valence-corrected chi connectivity index (χ1v) is 24.3. The van der Waals surface area contributed by atoms with Gasteiger partial charge in [0.05, 0.1) is 11.0 Å². The van der Waals surface area contributed by atoms with Gasteiger partial charge in [-0.3, -0.25) is 0 Å². The predicted octanol–water partition coefficient (Wildman–Crippen LogP) is 16.8. The monoisotopic (exact) mass is 823 g/mol. The van der Waals surface area contributed by atoms with Crippen LogP contribution in [0.25, 0.3) is 27.5 Å². The minimum Gasteiger partial charge on any atom is -0.309 e. The van der Waals surface area contributed by atoms with E-state index in [-0.39, 0.29) is 5.41 Å². The number of hydrogen-bond donors (Lipinski definition) is 0. The van der Waals surface area contributed by atoms with Crippen LogP contribution in [0.3, 0.4) is 0 Å². The van der Waals surface area contributed by atoms with E-state index >= 15 is 0 Å². The molecule has 1 heterocycles. The average Bonchev–Trinajstić information content (AvgIpc) is 3.65. The van der Waals surface area contributed by atoms with E-state index in [4.69, 9.17) is 0 Å². The second-order valence-corrected chi connectivity index (χ2v) is 22.8. The van der Waals surface area contributed by atoms with Crippen molar-refractivity contribution in [1.29, 1.82) is 0 Å². The van der Waals surface area contributed by atoms with Crippen LogP contribution in [0.2, 0.25) is 0 Å². The molecule has 0 amide bonds. The minimum absolute atomic E-state index is 0.0556. The minimum atomic E-state index is -1.92. The van der Waals surface area contributed by atoms with Gasteiger partial charge in [-0.25, -0.2) is 0 Å². The molecule has 1 aromatic heterocycles. The van der Waals surface area contributed by atoms with Crippen LogP contribution in [-0.4, -0.2) is 4.57 Å². The number of nitrogens with zero attached hydrogens (tertiary/aromatic N) is 1. The topological polar surface area (TPSA) is 4.93 Å². The van der Waals surface area contributed by atoms with Crippen molar-refractivity contribution in [3.63, 3.8) is 0 Å². The van der Waals surface area contributed by atoms with Crippen LogP contribution in [0.4, 0.5) is 0 Å². The maximum atomic E-state index is 2.54. The molecule has 0 bridgehead atoms. The summed E-state index contributed by atoms with van der Waals surface area (Å²) in [4.78, 5) is 10.5. The van der Waals surface area contributed by atoms with Gasteiger partial charge in [0.25, 0.3) is 0 Å². The summed E-state index contributed by atoms with van der Waals surface area (Å²) in [5.74, 6) is 0. The predicted molar refractivity (Wildman–Crippen MR) is 259 cm³/mol. The van der Waals surface area contributed by atoms with Crippen molar-refractivity contribution in [3.8, 4) is 5.69 Å². The second-order valence-electron chi connectivity index (χ2n) is 16.6. The highest BCUT2D eigenvalue weighted by Crippen LogP contribution is 2.75. The summed E-state index contributed by atoms with van der Waals surface area (Å²) in [6.45, 7) is 6.85. The number of rotatable bonds is 9. The normalized spacial score (nSPS) is 12.7. The molecule has 3 heteroatoms. The molecule has 0 aliphatic rings. The molecular weight excluding hydrogens is 775 g/mol. The molecule has 0 aliphatic heterocycles. The van der Waals surface area contributed by atoms with Gasteiger partial charge < -0.3 is 4.57 Å². The van der Waals surface area contributed by atoms with Gasteiger partial charge in [-0.15, -0.1) is 20.1 Å². The molecule has 10 aromatic rings. The largest absolute Gasteiger partial charge is 0.309 e. The fraction of sp³-hybridized carbons (Fsp3) is 0.0690. The maximum absolute atomic E-state index is 2.54. The lowest BCUT2D eigenvalue weighted by molar-refractivity contribution is 0.590. The van der Waals surface area contributed by atoms with Gasteiger partial charge in [0.2, 0.25) is 0 Å². The number of benzene rings is 9. The molecule has 0 saturated carbocycles. The summed E-state index contributed by atoms with van der Waals surface area (Å²) in [7, 11) is -3.84. The summed E-state index contributed by atoms with van der Waals surface area (Å²) in [5, 5.41) is 2.49. The lowest BCUT2D eigenvalue weighted by Crippen LogP contribution is -2.10. The third-order valence-corrected chi connectivity index (χ3v) is 19.8. The second kappa shape index (κ2) is 15.8. The molecule has 0 fully saturated rings. The Bertz CT molecular complexity index is 2690. The third-order valence-electron chi connectivity index (χ3n) is 12.0. The summed E-state index contributed by atoms with van der Waals surface area (Å²) in [6.07, 6.45) is 0. The molecule has 10 rings (SSSR count). The van der Waals surface area contributed by atoms with E-state index in [0.717, 1.165) is 5.69 Å². The molecular formula is C58H49NS2. The van der Waals surface area contributed by atoms with Crippen molar-refractivity contribution < 1.29 is 0 Å². The maximum Gasteiger partial charge on any atom is 0.0541 e. The zero-order valence-electron chi connectivity index (χ0n) is 34.9. The fourth-order valence-electron chi connectivity index (χ4n) is 9.13. The van der Waals surface area contributed by atoms with Gasteiger partial charge in [0.1, 0.15) is 0 Å². The van der Waals surface area contributed by atoms with Gasteiger partial charge in [-0.2, -0.15) is 0 Å². The van der Waals surface area contributed by atoms with E-state index in [9.17, 15) is 0 Å². The Hall–Kier alpha value is -6.52. The fourth-order valence-corrected chi connectivity index (χ4v) is 16.9. The first-order valence-electron chi connectivity index (χ1n) is 21.1. The Morgan fingerprint density at radius 3 is 0.836 bits per heavy atom. The van der Waals surface area contributed by atoms with Crippen molar-refractivity contribution in [2.24, 2.45) is 0 Å². The van der Waals surface area contributed by atoms with Gasteiger partial charge in [0, 0.05) is 55.6 Å². The standard InChI is InChI=1S/C58H49NS2/c1-58(2,3)44-34-36-45(37-35-44)59-56-40-38-52(60(46-22-10-4-11-23-46,47-24-12-5-13-25-47)48-26-14-6-15-27-48)42-54(56)55-43-53(39-41-57(55)59)61(49-28-16-7-17-29-49,50-30-18-8-19-31-50)51-32-20-9-21-33-51/h4-43H,1-3H3. The zero-order valence-corrected chi connectivity index (χ0v) is 36.5. The van der Waals surface area contributed by atoms with Crippen molar-refractivity contribution >= 4 is 41.9 Å². The number of hydrogen-bond acceptors (Lipinski definition) is 0. The van der Waals surface area contributed by atoms with Crippen molar-refractivity contribution in [3.05, 3.63) is 248 Å². The summed E-state index contributed by atoms with van der Waals surface area (Å²) in [6, 6.07) is 91.0. The van der Waals surface area contributed by atoms with E-state index in [2.05, 4.69) is 268 Å². The molecule has 0 saturated heterocycles. The van der Waals surface area contributed by atoms with Gasteiger partial charge in [0.15, 0.2) is 0 Å². The SMILES string of the molecule is CC(C)(C)c1ccc(-n2c3ccc(S(c4ccccc4)(c4ccccc4)c4ccccc4)cc3c3cc(S(c4ccccc4)(c4ccccc4)c4ccccc4)ccc32)cc1. The molecule has 0 atom stereocenters. The molecule has 0 aliphatic carbocycles. The van der Waals surface area contributed by atoms with Crippen LogP contribution in [-0.2, 0) is 5.41 Å². The highest BCUT2D eigenvalue weighted by molar-refractivity contribution is 8.34. The van der Waals surface area contributed by atoms with Crippen LogP contribution in [0.15, 0.2) is 282 Å². The average molecular weight is 824 g/mol. The van der Waals surface area contributed by atoms with Crippen molar-refractivity contribution in [2.75, 3.05) is 0 Å². The summed E-state index contributed by atoms with van der Waals surface area (Å²) in [5.41, 5.74) is 4.93. The Morgan fingerprint density at radius 2 is 0.574 bits per heavy atom. The third kappa shape index (κ3) is 6.52. The smallest absolute Gasteiger partial charge is 0.0541 e. The van der Waals surface area contributed by atoms with E-state index in [0.29, 0.717) is 0 Å². The zero-order chi connectivity index (χ0) is 41.4. The van der Waals surface area contributed by atoms with Gasteiger partial charge in [-0.1, -0.05) is 142 Å². The quantitative estimate of drug-likeness (QED) is 0.137. The van der Waals surface area contributed by atoms with Crippen molar-refractivity contribution in [2.45, 2.75) is 65.4 Å². The van der Waals surface area contributed by atoms with E-state index in [1.54, 1.807) is 0 Å². The molecule has 0 unspecified atom stereocenters. The van der Waals surface area contributed by atoms with Crippen LogP contribution in [0, 0.1) is 0 Å². The molecule has 61 heavy (non-hydrogen) atoms. The first-order chi connectivity index (χ1) is 29.9. The van der Waals surface area contributed by atoms with Gasteiger partial charge >= 0.3 is 0 Å². The Labute approximate surface area is 363 Å². The van der Waals surface area contributed by atoms with E-state index < -0.39 is 20.1 Å². The van der Waals surface area contributed by atoms with Crippen LogP contribution in [0.5, 0.6) is 0 Å². The molecule has 0 spiro atoms.